The number of pyridine rings is 1. The topological polar surface area (TPSA) is 43.3 Å². The van der Waals surface area contributed by atoms with Gasteiger partial charge in [-0.2, -0.15) is 4.39 Å². The van der Waals surface area contributed by atoms with E-state index in [-0.39, 0.29) is 24.4 Å². The van der Waals surface area contributed by atoms with Gasteiger partial charge in [0.15, 0.2) is 5.95 Å². The van der Waals surface area contributed by atoms with Gasteiger partial charge < -0.3 is 5.73 Å². The van der Waals surface area contributed by atoms with Crippen LogP contribution in [0.15, 0.2) is 24.4 Å². The molecule has 0 fully saturated rings. The summed E-state index contributed by atoms with van der Waals surface area (Å²) in [7, 11) is 0. The van der Waals surface area contributed by atoms with Gasteiger partial charge in [0.2, 0.25) is 0 Å². The molecule has 5 heteroatoms. The molecule has 0 unspecified atom stereocenters. The Morgan fingerprint density at radius 1 is 1.50 bits per heavy atom. The van der Waals surface area contributed by atoms with Gasteiger partial charge in [0, 0.05) is 12.2 Å². The van der Waals surface area contributed by atoms with Crippen molar-refractivity contribution < 1.29 is 4.39 Å². The van der Waals surface area contributed by atoms with Crippen molar-refractivity contribution in [3.63, 3.8) is 0 Å². The molecule has 0 aliphatic heterocycles. The maximum absolute atomic E-state index is 13.1. The summed E-state index contributed by atoms with van der Waals surface area (Å²) >= 11 is 0. The van der Waals surface area contributed by atoms with Crippen molar-refractivity contribution in [2.75, 3.05) is 0 Å². The van der Waals surface area contributed by atoms with Crippen molar-refractivity contribution in [2.45, 2.75) is 13.0 Å². The molecule has 0 aromatic carbocycles. The normalized spacial score (nSPS) is 12.5. The predicted molar refractivity (Wildman–Crippen MR) is 55.0 cm³/mol. The molecule has 0 saturated heterocycles. The number of fused-ring (bicyclic) bond motifs is 1. The molecule has 2 N–H and O–H groups in total. The van der Waals surface area contributed by atoms with E-state index in [1.54, 1.807) is 18.3 Å². The van der Waals surface area contributed by atoms with Gasteiger partial charge in [0.25, 0.3) is 0 Å². The van der Waals surface area contributed by atoms with Gasteiger partial charge in [-0.1, -0.05) is 6.07 Å². The zero-order chi connectivity index (χ0) is 9.42. The van der Waals surface area contributed by atoms with Crippen LogP contribution in [0.4, 0.5) is 4.39 Å². The van der Waals surface area contributed by atoms with Gasteiger partial charge in [0.05, 0.1) is 5.69 Å². The predicted octanol–water partition coefficient (Wildman–Crippen LogP) is 1.91. The van der Waals surface area contributed by atoms with Gasteiger partial charge in [-0.3, -0.25) is 4.40 Å². The lowest BCUT2D eigenvalue weighted by Gasteiger charge is -1.95. The number of hydrogen-bond donors (Lipinski definition) is 1. The van der Waals surface area contributed by atoms with Crippen molar-refractivity contribution >= 4 is 18.1 Å². The van der Waals surface area contributed by atoms with Crippen molar-refractivity contribution in [3.05, 3.63) is 36.0 Å². The van der Waals surface area contributed by atoms with Crippen LogP contribution in [0, 0.1) is 5.95 Å². The second-order valence-corrected chi connectivity index (χ2v) is 3.03. The minimum atomic E-state index is -0.322. The summed E-state index contributed by atoms with van der Waals surface area (Å²) in [5.74, 6) is -0.322. The lowest BCUT2D eigenvalue weighted by atomic mass is 10.3. The lowest BCUT2D eigenvalue weighted by molar-refractivity contribution is 0.567. The Hall–Kier alpha value is -1.13. The average molecular weight is 216 g/mol. The van der Waals surface area contributed by atoms with Gasteiger partial charge in [-0.15, -0.1) is 12.4 Å². The molecular formula is C9H11ClFN3. The number of rotatable bonds is 1. The fourth-order valence-corrected chi connectivity index (χ4v) is 1.22. The van der Waals surface area contributed by atoms with E-state index >= 15 is 0 Å². The maximum atomic E-state index is 13.1. The highest BCUT2D eigenvalue weighted by Gasteiger charge is 2.07. The number of nitrogens with two attached hydrogens (primary N) is 1. The summed E-state index contributed by atoms with van der Waals surface area (Å²) in [5.41, 5.74) is 6.92. The number of imidazole rings is 1. The number of hydrogen-bond acceptors (Lipinski definition) is 2. The van der Waals surface area contributed by atoms with E-state index in [4.69, 9.17) is 5.73 Å². The minimum Gasteiger partial charge on any atom is -0.323 e. The third-order valence-electron chi connectivity index (χ3n) is 1.93. The highest BCUT2D eigenvalue weighted by atomic mass is 35.5. The van der Waals surface area contributed by atoms with Crippen molar-refractivity contribution in [2.24, 2.45) is 5.73 Å². The zero-order valence-corrected chi connectivity index (χ0v) is 8.46. The number of aromatic nitrogens is 2. The summed E-state index contributed by atoms with van der Waals surface area (Å²) in [4.78, 5) is 4.17. The van der Waals surface area contributed by atoms with Crippen LogP contribution in [0.3, 0.4) is 0 Å². The van der Waals surface area contributed by atoms with E-state index in [0.29, 0.717) is 11.3 Å². The van der Waals surface area contributed by atoms with E-state index in [9.17, 15) is 4.39 Å². The summed E-state index contributed by atoms with van der Waals surface area (Å²) in [6, 6.07) is 4.59. The first-order valence-corrected chi connectivity index (χ1v) is 4.07. The molecule has 0 aliphatic carbocycles. The fraction of sp³-hybridized carbons (Fsp3) is 0.222. The first-order chi connectivity index (χ1) is 6.18. The van der Waals surface area contributed by atoms with Crippen LogP contribution < -0.4 is 5.73 Å². The molecule has 0 aliphatic rings. The molecule has 0 amide bonds. The molecular weight excluding hydrogens is 205 g/mol. The Morgan fingerprint density at radius 3 is 2.79 bits per heavy atom. The summed E-state index contributed by atoms with van der Waals surface area (Å²) in [6.45, 7) is 1.82. The maximum Gasteiger partial charge on any atom is 0.199 e. The third-order valence-corrected chi connectivity index (χ3v) is 1.93. The van der Waals surface area contributed by atoms with Crippen molar-refractivity contribution in [1.29, 1.82) is 0 Å². The van der Waals surface area contributed by atoms with E-state index in [2.05, 4.69) is 4.98 Å². The van der Waals surface area contributed by atoms with Crippen LogP contribution in [-0.2, 0) is 0 Å². The van der Waals surface area contributed by atoms with E-state index < -0.39 is 0 Å². The lowest BCUT2D eigenvalue weighted by Crippen LogP contribution is -2.04. The van der Waals surface area contributed by atoms with Crippen LogP contribution in [-0.4, -0.2) is 9.38 Å². The number of nitrogens with zero attached hydrogens (tertiary/aromatic N) is 2. The zero-order valence-electron chi connectivity index (χ0n) is 7.64. The molecule has 76 valence electrons. The largest absolute Gasteiger partial charge is 0.323 e. The van der Waals surface area contributed by atoms with Crippen LogP contribution in [0.2, 0.25) is 0 Å². The molecule has 0 saturated carbocycles. The van der Waals surface area contributed by atoms with E-state index in [1.807, 2.05) is 6.92 Å². The van der Waals surface area contributed by atoms with Crippen LogP contribution >= 0.6 is 12.4 Å². The average Bonchev–Trinajstić information content (AvgIpc) is 2.49. The molecule has 3 nitrogen and oxygen atoms in total. The monoisotopic (exact) mass is 215 g/mol. The third kappa shape index (κ3) is 1.71. The second kappa shape index (κ2) is 3.94. The molecule has 2 heterocycles. The second-order valence-electron chi connectivity index (χ2n) is 3.03. The molecule has 2 aromatic rings. The first kappa shape index (κ1) is 10.9. The molecule has 14 heavy (non-hydrogen) atoms. The van der Waals surface area contributed by atoms with Gasteiger partial charge in [-0.25, -0.2) is 4.98 Å². The van der Waals surface area contributed by atoms with Gasteiger partial charge in [-0.05, 0) is 19.1 Å². The van der Waals surface area contributed by atoms with E-state index in [1.165, 1.54) is 10.5 Å². The van der Waals surface area contributed by atoms with Crippen LogP contribution in [0.5, 0.6) is 0 Å². The molecule has 2 aromatic heterocycles. The molecule has 0 radical (unpaired) electrons. The quantitative estimate of drug-likeness (QED) is 0.739. The molecule has 0 spiro atoms. The summed E-state index contributed by atoms with van der Waals surface area (Å²) < 4.78 is 14.5. The highest BCUT2D eigenvalue weighted by molar-refractivity contribution is 5.85. The molecule has 1 atom stereocenters. The van der Waals surface area contributed by atoms with Gasteiger partial charge >= 0.3 is 0 Å². The standard InChI is InChI=1S/C9H10FN3.ClH/c1-6(11)7-5-13-8(10)3-2-4-9(13)12-7;/h2-6H,11H2,1H3;1H/t6-;/m1./s1. The minimum absolute atomic E-state index is 0. The number of halogens is 2. The van der Waals surface area contributed by atoms with Crippen LogP contribution in [0.25, 0.3) is 5.65 Å². The molecule has 2 rings (SSSR count). The van der Waals surface area contributed by atoms with E-state index in [0.717, 1.165) is 0 Å². The Morgan fingerprint density at radius 2 is 2.21 bits per heavy atom. The SMILES string of the molecule is C[C@@H](N)c1cn2c(F)cccc2n1.Cl. The smallest absolute Gasteiger partial charge is 0.199 e. The van der Waals surface area contributed by atoms with Crippen LogP contribution in [0.1, 0.15) is 18.7 Å². The Bertz CT molecular complexity index is 439. The van der Waals surface area contributed by atoms with Crippen molar-refractivity contribution in [3.8, 4) is 0 Å². The first-order valence-electron chi connectivity index (χ1n) is 4.07. The van der Waals surface area contributed by atoms with Gasteiger partial charge in [0.1, 0.15) is 5.65 Å². The van der Waals surface area contributed by atoms with Crippen molar-refractivity contribution in [1.82, 2.24) is 9.38 Å². The fourth-order valence-electron chi connectivity index (χ4n) is 1.22. The Balaban J connectivity index is 0.000000980. The Kier molecular flexibility index (Phi) is 3.08. The Labute approximate surface area is 87.2 Å². The summed E-state index contributed by atoms with van der Waals surface area (Å²) in [6.07, 6.45) is 1.62. The summed E-state index contributed by atoms with van der Waals surface area (Å²) in [5, 5.41) is 0. The molecule has 0 bridgehead atoms. The highest BCUT2D eigenvalue weighted by Crippen LogP contribution is 2.12.